The van der Waals surface area contributed by atoms with Crippen molar-refractivity contribution in [1.82, 2.24) is 5.43 Å². The summed E-state index contributed by atoms with van der Waals surface area (Å²) in [4.78, 5) is 11.7. The lowest BCUT2D eigenvalue weighted by Crippen LogP contribution is -2.17. The van der Waals surface area contributed by atoms with Crippen molar-refractivity contribution in [2.45, 2.75) is 0 Å². The van der Waals surface area contributed by atoms with Crippen molar-refractivity contribution < 1.29 is 18.7 Å². The normalized spacial score (nSPS) is 12.9. The maximum Gasteiger partial charge on any atom is 0.271 e. The highest BCUT2D eigenvalue weighted by Crippen LogP contribution is 2.32. The van der Waals surface area contributed by atoms with Crippen molar-refractivity contribution in [2.75, 3.05) is 6.79 Å². The zero-order valence-electron chi connectivity index (χ0n) is 12.0. The molecule has 1 aliphatic heterocycles. The smallest absolute Gasteiger partial charge is 0.271 e. The molecule has 0 spiro atoms. The highest BCUT2D eigenvalue weighted by Gasteiger charge is 2.11. The predicted molar refractivity (Wildman–Crippen MR) is 84.0 cm³/mol. The molecule has 1 heterocycles. The molecule has 0 unspecified atom stereocenters. The fourth-order valence-corrected chi connectivity index (χ4v) is 1.98. The number of allylic oxidation sites excluding steroid dienone is 1. The van der Waals surface area contributed by atoms with Crippen LogP contribution < -0.4 is 14.9 Å². The summed E-state index contributed by atoms with van der Waals surface area (Å²) in [6.07, 6.45) is 4.95. The van der Waals surface area contributed by atoms with Crippen LogP contribution >= 0.6 is 0 Å². The van der Waals surface area contributed by atoms with Crippen molar-refractivity contribution >= 4 is 18.2 Å². The number of nitrogens with one attached hydrogen (secondary N) is 1. The molecule has 23 heavy (non-hydrogen) atoms. The third kappa shape index (κ3) is 3.74. The van der Waals surface area contributed by atoms with Crippen LogP contribution in [0.15, 0.2) is 53.6 Å². The van der Waals surface area contributed by atoms with E-state index in [4.69, 9.17) is 9.47 Å². The Morgan fingerprint density at radius 3 is 2.74 bits per heavy atom. The molecule has 0 saturated carbocycles. The topological polar surface area (TPSA) is 59.9 Å². The van der Waals surface area contributed by atoms with E-state index in [1.165, 1.54) is 30.5 Å². The minimum Gasteiger partial charge on any atom is -0.454 e. The van der Waals surface area contributed by atoms with Crippen LogP contribution in [0, 0.1) is 5.82 Å². The summed E-state index contributed by atoms with van der Waals surface area (Å²) >= 11 is 0. The number of benzene rings is 2. The zero-order chi connectivity index (χ0) is 16.1. The Kier molecular flexibility index (Phi) is 4.33. The lowest BCUT2D eigenvalue weighted by atomic mass is 10.2. The zero-order valence-corrected chi connectivity index (χ0v) is 12.0. The van der Waals surface area contributed by atoms with Crippen LogP contribution in [-0.2, 0) is 0 Å². The molecule has 2 aromatic rings. The molecule has 1 aliphatic rings. The Hall–Kier alpha value is -3.15. The summed E-state index contributed by atoms with van der Waals surface area (Å²) in [6, 6.07) is 10.8. The molecule has 116 valence electrons. The average molecular weight is 312 g/mol. The van der Waals surface area contributed by atoms with Crippen molar-refractivity contribution in [2.24, 2.45) is 5.10 Å². The van der Waals surface area contributed by atoms with Gasteiger partial charge in [0.1, 0.15) is 5.82 Å². The van der Waals surface area contributed by atoms with E-state index in [9.17, 15) is 9.18 Å². The first-order valence-electron chi connectivity index (χ1n) is 6.88. The van der Waals surface area contributed by atoms with Gasteiger partial charge in [0.15, 0.2) is 11.5 Å². The second-order valence-electron chi connectivity index (χ2n) is 4.70. The van der Waals surface area contributed by atoms with Gasteiger partial charge in [-0.1, -0.05) is 12.1 Å². The Labute approximate surface area is 132 Å². The molecule has 5 nitrogen and oxygen atoms in total. The van der Waals surface area contributed by atoms with Gasteiger partial charge in [0.25, 0.3) is 5.91 Å². The summed E-state index contributed by atoms with van der Waals surface area (Å²) in [6.45, 7) is 0.235. The molecule has 0 aliphatic carbocycles. The lowest BCUT2D eigenvalue weighted by molar-refractivity contribution is 0.0955. The van der Waals surface area contributed by atoms with Crippen LogP contribution in [0.2, 0.25) is 0 Å². The molecule has 1 amide bonds. The molecule has 0 bridgehead atoms. The highest BCUT2D eigenvalue weighted by molar-refractivity contribution is 5.94. The number of rotatable bonds is 4. The van der Waals surface area contributed by atoms with Crippen molar-refractivity contribution in [3.63, 3.8) is 0 Å². The number of amides is 1. The number of hydrazone groups is 1. The maximum absolute atomic E-state index is 12.8. The van der Waals surface area contributed by atoms with Gasteiger partial charge in [-0.25, -0.2) is 9.82 Å². The first kappa shape index (κ1) is 14.8. The summed E-state index contributed by atoms with van der Waals surface area (Å²) in [5, 5.41) is 3.80. The molecule has 6 heteroatoms. The van der Waals surface area contributed by atoms with Gasteiger partial charge in [-0.3, -0.25) is 4.79 Å². The number of ether oxygens (including phenoxy) is 2. The monoisotopic (exact) mass is 312 g/mol. The number of halogens is 1. The van der Waals surface area contributed by atoms with E-state index >= 15 is 0 Å². The van der Waals surface area contributed by atoms with Crippen LogP contribution in [0.1, 0.15) is 15.9 Å². The van der Waals surface area contributed by atoms with E-state index in [0.29, 0.717) is 11.3 Å². The third-order valence-corrected chi connectivity index (χ3v) is 3.12. The Balaban J connectivity index is 1.54. The van der Waals surface area contributed by atoms with Gasteiger partial charge in [-0.15, -0.1) is 0 Å². The summed E-state index contributed by atoms with van der Waals surface area (Å²) in [5.41, 5.74) is 3.62. The average Bonchev–Trinajstić information content (AvgIpc) is 3.02. The van der Waals surface area contributed by atoms with Gasteiger partial charge >= 0.3 is 0 Å². The van der Waals surface area contributed by atoms with E-state index < -0.39 is 11.7 Å². The van der Waals surface area contributed by atoms with E-state index in [1.807, 2.05) is 24.3 Å². The molecular formula is C17H13FN2O3. The maximum atomic E-state index is 12.8. The quantitative estimate of drug-likeness (QED) is 0.697. The largest absolute Gasteiger partial charge is 0.454 e. The van der Waals surface area contributed by atoms with E-state index in [0.717, 1.165) is 11.3 Å². The number of hydrogen-bond donors (Lipinski definition) is 1. The second-order valence-corrected chi connectivity index (χ2v) is 4.70. The first-order valence-corrected chi connectivity index (χ1v) is 6.88. The second kappa shape index (κ2) is 6.74. The van der Waals surface area contributed by atoms with Crippen LogP contribution in [-0.4, -0.2) is 18.9 Å². The molecule has 0 fully saturated rings. The fraction of sp³-hybridized carbons (Fsp3) is 0.0588. The molecule has 0 aromatic heterocycles. The van der Waals surface area contributed by atoms with Crippen molar-refractivity contribution in [1.29, 1.82) is 0 Å². The molecule has 2 aromatic carbocycles. The van der Waals surface area contributed by atoms with Gasteiger partial charge in [-0.05, 0) is 48.0 Å². The van der Waals surface area contributed by atoms with Gasteiger partial charge in [0.2, 0.25) is 6.79 Å². The molecular weight excluding hydrogens is 299 g/mol. The number of carbonyl (C=O) groups excluding carboxylic acids is 1. The van der Waals surface area contributed by atoms with E-state index in [2.05, 4.69) is 10.5 Å². The lowest BCUT2D eigenvalue weighted by Gasteiger charge is -1.98. The van der Waals surface area contributed by atoms with Crippen molar-refractivity contribution in [3.05, 3.63) is 65.5 Å². The molecule has 1 N–H and O–H groups in total. The number of hydrogen-bond acceptors (Lipinski definition) is 4. The van der Waals surface area contributed by atoms with Gasteiger partial charge in [-0.2, -0.15) is 5.10 Å². The van der Waals surface area contributed by atoms with Crippen molar-refractivity contribution in [3.8, 4) is 11.5 Å². The summed E-state index contributed by atoms with van der Waals surface area (Å²) in [5.74, 6) is 0.630. The number of carbonyl (C=O) groups is 1. The summed E-state index contributed by atoms with van der Waals surface area (Å²) in [7, 11) is 0. The Morgan fingerprint density at radius 1 is 1.13 bits per heavy atom. The Bertz CT molecular complexity index is 770. The van der Waals surface area contributed by atoms with Gasteiger partial charge in [0.05, 0.1) is 0 Å². The summed E-state index contributed by atoms with van der Waals surface area (Å²) < 4.78 is 23.3. The van der Waals surface area contributed by atoms with Crippen LogP contribution in [0.25, 0.3) is 6.08 Å². The van der Waals surface area contributed by atoms with Crippen LogP contribution in [0.3, 0.4) is 0 Å². The third-order valence-electron chi connectivity index (χ3n) is 3.12. The predicted octanol–water partition coefficient (Wildman–Crippen LogP) is 2.98. The minimum atomic E-state index is -0.405. The first-order chi connectivity index (χ1) is 11.2. The Morgan fingerprint density at radius 2 is 1.91 bits per heavy atom. The van der Waals surface area contributed by atoms with Gasteiger partial charge in [0, 0.05) is 11.8 Å². The molecule has 3 rings (SSSR count). The van der Waals surface area contributed by atoms with E-state index in [-0.39, 0.29) is 6.79 Å². The SMILES string of the molecule is O=C(N/N=C/C=C/c1ccc2c(c1)OCO2)c1ccc(F)cc1. The fourth-order valence-electron chi connectivity index (χ4n) is 1.98. The minimum absolute atomic E-state index is 0.235. The molecule has 0 radical (unpaired) electrons. The van der Waals surface area contributed by atoms with Crippen LogP contribution in [0.5, 0.6) is 11.5 Å². The molecule has 0 atom stereocenters. The molecule has 0 saturated heterocycles. The highest BCUT2D eigenvalue weighted by atomic mass is 19.1. The number of fused-ring (bicyclic) bond motifs is 1. The van der Waals surface area contributed by atoms with Gasteiger partial charge < -0.3 is 9.47 Å². The van der Waals surface area contributed by atoms with Crippen LogP contribution in [0.4, 0.5) is 4.39 Å². The van der Waals surface area contributed by atoms with E-state index in [1.54, 1.807) is 6.08 Å². The standard InChI is InChI=1S/C17H13FN2O3/c18-14-6-4-13(5-7-14)17(21)20-19-9-1-2-12-3-8-15-16(10-12)23-11-22-15/h1-10H,11H2,(H,20,21)/b2-1+,19-9+. The number of nitrogens with zero attached hydrogens (tertiary/aromatic N) is 1.